The molecule has 1 heterocycles. The highest BCUT2D eigenvalue weighted by Gasteiger charge is 2.25. The van der Waals surface area contributed by atoms with Gasteiger partial charge in [0.2, 0.25) is 5.91 Å². The number of nitrogens with one attached hydrogen (secondary N) is 2. The zero-order chi connectivity index (χ0) is 25.8. The van der Waals surface area contributed by atoms with Crippen LogP contribution in [0, 0.1) is 5.92 Å². The van der Waals surface area contributed by atoms with Crippen LogP contribution in [0.25, 0.3) is 10.8 Å². The molecule has 5 rings (SSSR count). The van der Waals surface area contributed by atoms with Gasteiger partial charge in [-0.2, -0.15) is 0 Å². The molecule has 1 saturated heterocycles. The molecule has 0 aromatic heterocycles. The smallest absolute Gasteiger partial charge is 0.261 e. The molecule has 1 amide bonds. The van der Waals surface area contributed by atoms with E-state index < -0.39 is 10.0 Å². The minimum atomic E-state index is -3.78. The minimum absolute atomic E-state index is 0.0353. The van der Waals surface area contributed by atoms with Crippen molar-refractivity contribution < 1.29 is 13.2 Å². The number of likely N-dealkylation sites (tertiary alicyclic amines) is 1. The fourth-order valence-corrected chi connectivity index (χ4v) is 6.02. The first kappa shape index (κ1) is 25.3. The standard InChI is InChI=1S/C29H28ClN3O3S/c30-24-8-3-5-21(19-24)20-33-17-15-23(16-18-33)29(34)31-25-11-13-26(14-12-25)37(35,36)32-28-10-4-7-22-6-1-2-9-27(22)28/h1-14,19,23,32H,15-18,20H2,(H,31,34). The number of rotatable bonds is 7. The monoisotopic (exact) mass is 533 g/mol. The molecular formula is C29H28ClN3O3S. The second-order valence-electron chi connectivity index (χ2n) is 9.33. The molecule has 37 heavy (non-hydrogen) atoms. The highest BCUT2D eigenvalue weighted by Crippen LogP contribution is 2.27. The summed E-state index contributed by atoms with van der Waals surface area (Å²) in [5, 5.41) is 5.46. The summed E-state index contributed by atoms with van der Waals surface area (Å²) in [7, 11) is -3.78. The van der Waals surface area contributed by atoms with Crippen LogP contribution in [-0.4, -0.2) is 32.3 Å². The van der Waals surface area contributed by atoms with Gasteiger partial charge in [0, 0.05) is 28.6 Å². The van der Waals surface area contributed by atoms with Gasteiger partial charge >= 0.3 is 0 Å². The van der Waals surface area contributed by atoms with Crippen LogP contribution < -0.4 is 10.0 Å². The summed E-state index contributed by atoms with van der Waals surface area (Å²) in [5.74, 6) is -0.112. The number of hydrogen-bond acceptors (Lipinski definition) is 4. The van der Waals surface area contributed by atoms with E-state index in [1.807, 2.05) is 54.6 Å². The van der Waals surface area contributed by atoms with E-state index in [4.69, 9.17) is 11.6 Å². The number of nitrogens with zero attached hydrogens (tertiary/aromatic N) is 1. The van der Waals surface area contributed by atoms with Crippen LogP contribution in [0.2, 0.25) is 5.02 Å². The Morgan fingerprint density at radius 3 is 2.35 bits per heavy atom. The fraction of sp³-hybridized carbons (Fsp3) is 0.207. The molecule has 0 radical (unpaired) electrons. The SMILES string of the molecule is O=C(Nc1ccc(S(=O)(=O)Nc2cccc3ccccc23)cc1)C1CCN(Cc2cccc(Cl)c2)CC1. The van der Waals surface area contributed by atoms with E-state index in [1.54, 1.807) is 18.2 Å². The quantitative estimate of drug-likeness (QED) is 0.299. The van der Waals surface area contributed by atoms with Crippen LogP contribution in [0.1, 0.15) is 18.4 Å². The molecule has 1 fully saturated rings. The Morgan fingerprint density at radius 2 is 1.59 bits per heavy atom. The van der Waals surface area contributed by atoms with Crippen molar-refractivity contribution in [3.63, 3.8) is 0 Å². The lowest BCUT2D eigenvalue weighted by atomic mass is 9.95. The molecule has 2 N–H and O–H groups in total. The maximum Gasteiger partial charge on any atom is 0.261 e. The molecule has 8 heteroatoms. The van der Waals surface area contributed by atoms with Crippen LogP contribution in [0.5, 0.6) is 0 Å². The lowest BCUT2D eigenvalue weighted by molar-refractivity contribution is -0.121. The van der Waals surface area contributed by atoms with Crippen molar-refractivity contribution >= 4 is 49.7 Å². The summed E-state index contributed by atoms with van der Waals surface area (Å²) in [6, 6.07) is 27.2. The van der Waals surface area contributed by atoms with Crippen LogP contribution >= 0.6 is 11.6 Å². The van der Waals surface area contributed by atoms with Gasteiger partial charge in [0.05, 0.1) is 10.6 Å². The number of carbonyl (C=O) groups excluding carboxylic acids is 1. The highest BCUT2D eigenvalue weighted by molar-refractivity contribution is 7.92. The van der Waals surface area contributed by atoms with Gasteiger partial charge in [-0.25, -0.2) is 8.42 Å². The van der Waals surface area contributed by atoms with Gasteiger partial charge < -0.3 is 5.32 Å². The Hall–Kier alpha value is -3.39. The van der Waals surface area contributed by atoms with E-state index in [-0.39, 0.29) is 16.7 Å². The minimum Gasteiger partial charge on any atom is -0.326 e. The van der Waals surface area contributed by atoms with Gasteiger partial charge in [-0.3, -0.25) is 14.4 Å². The van der Waals surface area contributed by atoms with E-state index >= 15 is 0 Å². The van der Waals surface area contributed by atoms with Crippen molar-refractivity contribution in [1.82, 2.24) is 4.90 Å². The van der Waals surface area contributed by atoms with Crippen LogP contribution in [0.4, 0.5) is 11.4 Å². The van der Waals surface area contributed by atoms with Crippen LogP contribution in [0.15, 0.2) is 95.9 Å². The molecule has 1 aliphatic rings. The van der Waals surface area contributed by atoms with E-state index in [2.05, 4.69) is 21.0 Å². The number of amides is 1. The first-order chi connectivity index (χ1) is 17.9. The lowest BCUT2D eigenvalue weighted by Gasteiger charge is -2.31. The average molecular weight is 534 g/mol. The molecule has 190 valence electrons. The predicted molar refractivity (Wildman–Crippen MR) is 149 cm³/mol. The van der Waals surface area contributed by atoms with E-state index in [1.165, 1.54) is 17.7 Å². The van der Waals surface area contributed by atoms with E-state index in [9.17, 15) is 13.2 Å². The number of halogens is 1. The number of fused-ring (bicyclic) bond motifs is 1. The van der Waals surface area contributed by atoms with Gasteiger partial charge in [0.25, 0.3) is 10.0 Å². The Morgan fingerprint density at radius 1 is 0.892 bits per heavy atom. The summed E-state index contributed by atoms with van der Waals surface area (Å²) in [6.07, 6.45) is 1.54. The first-order valence-electron chi connectivity index (χ1n) is 12.3. The van der Waals surface area contributed by atoms with Crippen molar-refractivity contribution in [3.8, 4) is 0 Å². The summed E-state index contributed by atoms with van der Waals surface area (Å²) in [5.41, 5.74) is 2.27. The highest BCUT2D eigenvalue weighted by atomic mass is 35.5. The molecule has 0 unspecified atom stereocenters. The van der Waals surface area contributed by atoms with Gasteiger partial charge in [-0.05, 0) is 79.3 Å². The van der Waals surface area contributed by atoms with Gasteiger partial charge in [0.15, 0.2) is 0 Å². The second-order valence-corrected chi connectivity index (χ2v) is 11.4. The topological polar surface area (TPSA) is 78.5 Å². The zero-order valence-corrected chi connectivity index (χ0v) is 21.8. The Labute approximate surface area is 222 Å². The van der Waals surface area contributed by atoms with E-state index in [0.29, 0.717) is 11.4 Å². The van der Waals surface area contributed by atoms with Gasteiger partial charge in [-0.15, -0.1) is 0 Å². The Bertz CT molecular complexity index is 1510. The third-order valence-electron chi connectivity index (χ3n) is 6.72. The predicted octanol–water partition coefficient (Wildman–Crippen LogP) is 6.14. The number of anilines is 2. The largest absolute Gasteiger partial charge is 0.326 e. The van der Waals surface area contributed by atoms with Gasteiger partial charge in [-0.1, -0.05) is 60.1 Å². The maximum atomic E-state index is 13.0. The Kier molecular flexibility index (Phi) is 7.46. The molecule has 0 spiro atoms. The third kappa shape index (κ3) is 6.13. The molecule has 0 aliphatic carbocycles. The summed E-state index contributed by atoms with van der Waals surface area (Å²) < 4.78 is 28.7. The number of piperidine rings is 1. The normalized spacial score (nSPS) is 14.9. The molecule has 0 atom stereocenters. The maximum absolute atomic E-state index is 13.0. The van der Waals surface area contributed by atoms with Crippen LogP contribution in [-0.2, 0) is 21.4 Å². The molecule has 4 aromatic carbocycles. The fourth-order valence-electron chi connectivity index (χ4n) is 4.73. The summed E-state index contributed by atoms with van der Waals surface area (Å²) in [6.45, 7) is 2.49. The number of sulfonamides is 1. The summed E-state index contributed by atoms with van der Waals surface area (Å²) in [4.78, 5) is 15.3. The number of hydrogen-bond donors (Lipinski definition) is 2. The Balaban J connectivity index is 1.17. The van der Waals surface area contributed by atoms with E-state index in [0.717, 1.165) is 48.3 Å². The molecule has 1 aliphatic heterocycles. The van der Waals surface area contributed by atoms with Crippen LogP contribution in [0.3, 0.4) is 0 Å². The number of benzene rings is 4. The third-order valence-corrected chi connectivity index (χ3v) is 8.34. The molecule has 0 bridgehead atoms. The van der Waals surface area contributed by atoms with Gasteiger partial charge in [0.1, 0.15) is 0 Å². The first-order valence-corrected chi connectivity index (χ1v) is 14.1. The second kappa shape index (κ2) is 10.9. The average Bonchev–Trinajstić information content (AvgIpc) is 2.89. The zero-order valence-electron chi connectivity index (χ0n) is 20.2. The lowest BCUT2D eigenvalue weighted by Crippen LogP contribution is -2.37. The number of carbonyl (C=O) groups is 1. The van der Waals surface area contributed by atoms with Crippen molar-refractivity contribution in [2.24, 2.45) is 5.92 Å². The molecule has 0 saturated carbocycles. The molecular weight excluding hydrogens is 506 g/mol. The van der Waals surface area contributed by atoms with Crippen molar-refractivity contribution in [1.29, 1.82) is 0 Å². The van der Waals surface area contributed by atoms with Crippen molar-refractivity contribution in [2.45, 2.75) is 24.3 Å². The van der Waals surface area contributed by atoms with Crippen molar-refractivity contribution in [3.05, 3.63) is 102 Å². The molecule has 6 nitrogen and oxygen atoms in total. The van der Waals surface area contributed by atoms with Crippen molar-refractivity contribution in [2.75, 3.05) is 23.1 Å². The molecule has 4 aromatic rings. The summed E-state index contributed by atoms with van der Waals surface area (Å²) >= 11 is 6.09.